The highest BCUT2D eigenvalue weighted by Gasteiger charge is 2.14. The fourth-order valence-electron chi connectivity index (χ4n) is 4.24. The van der Waals surface area contributed by atoms with Crippen molar-refractivity contribution in [2.24, 2.45) is 4.99 Å². The molecule has 0 aromatic heterocycles. The Balaban J connectivity index is 1.74. The van der Waals surface area contributed by atoms with Crippen LogP contribution in [0.1, 0.15) is 64.5 Å². The Bertz CT molecular complexity index is 1030. The van der Waals surface area contributed by atoms with Gasteiger partial charge >= 0.3 is 0 Å². The summed E-state index contributed by atoms with van der Waals surface area (Å²) < 4.78 is 0. The lowest BCUT2D eigenvalue weighted by molar-refractivity contribution is 0.837. The van der Waals surface area contributed by atoms with Gasteiger partial charge in [-0.15, -0.1) is 0 Å². The Morgan fingerprint density at radius 3 is 1.74 bits per heavy atom. The highest BCUT2D eigenvalue weighted by molar-refractivity contribution is 7.73. The molecule has 0 atom stereocenters. The molecular weight excluding hydrogens is 431 g/mol. The van der Waals surface area contributed by atoms with Gasteiger partial charge in [-0.2, -0.15) is 0 Å². The van der Waals surface area contributed by atoms with Crippen molar-refractivity contribution in [2.75, 3.05) is 18.0 Å². The molecule has 0 aliphatic rings. The molecule has 3 heteroatoms. The van der Waals surface area contributed by atoms with Crippen molar-refractivity contribution in [3.63, 3.8) is 0 Å². The van der Waals surface area contributed by atoms with Gasteiger partial charge in [0.15, 0.2) is 0 Å². The van der Waals surface area contributed by atoms with Gasteiger partial charge in [0.2, 0.25) is 0 Å². The second kappa shape index (κ2) is 12.7. The molecule has 0 bridgehead atoms. The summed E-state index contributed by atoms with van der Waals surface area (Å²) in [6.07, 6.45) is 3.23. The molecule has 178 valence electrons. The Labute approximate surface area is 208 Å². The Morgan fingerprint density at radius 1 is 0.765 bits per heavy atom. The first kappa shape index (κ1) is 25.9. The topological polar surface area (TPSA) is 24.4 Å². The van der Waals surface area contributed by atoms with Crippen LogP contribution in [0.5, 0.6) is 0 Å². The molecule has 2 nitrogen and oxygen atoms in total. The molecule has 0 saturated heterocycles. The normalized spacial score (nSPS) is 12.6. The number of nitrogens with one attached hydrogen (secondary N) is 1. The van der Waals surface area contributed by atoms with Gasteiger partial charge in [-0.3, -0.25) is 4.99 Å². The van der Waals surface area contributed by atoms with Crippen molar-refractivity contribution in [3.05, 3.63) is 102 Å². The predicted octanol–water partition coefficient (Wildman–Crippen LogP) is 7.84. The average Bonchev–Trinajstić information content (AvgIpc) is 2.82. The summed E-state index contributed by atoms with van der Waals surface area (Å²) in [4.78, 5) is 4.93. The maximum absolute atomic E-state index is 4.93. The molecule has 3 aromatic rings. The number of rotatable bonds is 10. The summed E-state index contributed by atoms with van der Waals surface area (Å²) in [5.74, 6) is 0.943. The van der Waals surface area contributed by atoms with Crippen LogP contribution < -0.4 is 15.9 Å². The molecule has 3 aromatic carbocycles. The number of para-hydroxylation sites is 1. The maximum atomic E-state index is 4.93. The van der Waals surface area contributed by atoms with Crippen molar-refractivity contribution in [1.82, 2.24) is 0 Å². The van der Waals surface area contributed by atoms with E-state index in [1.807, 2.05) is 0 Å². The van der Waals surface area contributed by atoms with E-state index in [9.17, 15) is 0 Å². The predicted molar refractivity (Wildman–Crippen MR) is 154 cm³/mol. The highest BCUT2D eigenvalue weighted by Crippen LogP contribution is 2.34. The molecular formula is C31H39N2P. The third-order valence-corrected chi connectivity index (χ3v) is 8.43. The van der Waals surface area contributed by atoms with Crippen LogP contribution in [0.2, 0.25) is 0 Å². The van der Waals surface area contributed by atoms with Crippen molar-refractivity contribution in [2.45, 2.75) is 53.4 Å². The molecule has 34 heavy (non-hydrogen) atoms. The zero-order valence-corrected chi connectivity index (χ0v) is 22.4. The first-order chi connectivity index (χ1) is 16.4. The van der Waals surface area contributed by atoms with Gasteiger partial charge in [0, 0.05) is 23.6 Å². The van der Waals surface area contributed by atoms with Crippen LogP contribution in [0.15, 0.2) is 95.6 Å². The Morgan fingerprint density at radius 2 is 1.26 bits per heavy atom. The zero-order valence-electron chi connectivity index (χ0n) is 21.5. The number of hydrogen-bond donors (Lipinski definition) is 1. The fraction of sp³-hybridized carbons (Fsp3) is 0.323. The number of benzene rings is 3. The molecule has 3 rings (SSSR count). The summed E-state index contributed by atoms with van der Waals surface area (Å²) >= 11 is 0. The van der Waals surface area contributed by atoms with E-state index in [1.165, 1.54) is 27.4 Å². The number of hydrogen-bond acceptors (Lipinski definition) is 2. The van der Waals surface area contributed by atoms with E-state index in [0.717, 1.165) is 24.1 Å². The monoisotopic (exact) mass is 470 g/mol. The summed E-state index contributed by atoms with van der Waals surface area (Å²) in [5, 5.41) is 6.53. The van der Waals surface area contributed by atoms with Crippen LogP contribution in [-0.4, -0.2) is 18.4 Å². The molecule has 0 aliphatic heterocycles. The van der Waals surface area contributed by atoms with Crippen LogP contribution in [0.3, 0.4) is 0 Å². The molecule has 0 saturated carbocycles. The van der Waals surface area contributed by atoms with Crippen molar-refractivity contribution in [1.29, 1.82) is 0 Å². The molecule has 0 unspecified atom stereocenters. The summed E-state index contributed by atoms with van der Waals surface area (Å²) in [7, 11) is -0.408. The summed E-state index contributed by atoms with van der Waals surface area (Å²) in [5.41, 5.74) is 6.18. The standard InChI is InChI=1S/C31H39N2P/c1-23(2)29-18-13-19-30(24(3)4)31(29)33-26(6)22-25(5)32-20-21-34(27-14-9-7-10-15-27)28-16-11-8-12-17-28/h7-19,22-24,33H,20-21H2,1-6H3/b26-22+,32-25?. The van der Waals surface area contributed by atoms with Crippen LogP contribution >= 0.6 is 7.92 Å². The smallest absolute Gasteiger partial charge is 0.0452 e. The first-order valence-electron chi connectivity index (χ1n) is 12.3. The third-order valence-electron chi connectivity index (χ3n) is 5.94. The van der Waals surface area contributed by atoms with E-state index in [-0.39, 0.29) is 0 Å². The summed E-state index contributed by atoms with van der Waals surface area (Å²) in [6, 6.07) is 28.4. The van der Waals surface area contributed by atoms with E-state index in [1.54, 1.807) is 0 Å². The molecule has 0 spiro atoms. The molecule has 0 amide bonds. The minimum atomic E-state index is -0.408. The van der Waals surface area contributed by atoms with Gasteiger partial charge in [0.25, 0.3) is 0 Å². The largest absolute Gasteiger partial charge is 0.359 e. The molecule has 0 heterocycles. The third kappa shape index (κ3) is 7.15. The van der Waals surface area contributed by atoms with Crippen LogP contribution in [0.25, 0.3) is 0 Å². The highest BCUT2D eigenvalue weighted by atomic mass is 31.1. The van der Waals surface area contributed by atoms with E-state index in [2.05, 4.69) is 132 Å². The lowest BCUT2D eigenvalue weighted by Crippen LogP contribution is -2.15. The van der Waals surface area contributed by atoms with Crippen LogP contribution in [0, 0.1) is 0 Å². The molecule has 0 fully saturated rings. The van der Waals surface area contributed by atoms with Gasteiger partial charge in [-0.1, -0.05) is 107 Å². The van der Waals surface area contributed by atoms with Gasteiger partial charge < -0.3 is 5.32 Å². The Kier molecular flexibility index (Phi) is 9.66. The number of nitrogens with zero attached hydrogens (tertiary/aromatic N) is 1. The number of aliphatic imine (C=N–C) groups is 1. The maximum Gasteiger partial charge on any atom is 0.0452 e. The lowest BCUT2D eigenvalue weighted by atomic mass is 9.92. The minimum absolute atomic E-state index is 0.408. The number of anilines is 1. The first-order valence-corrected chi connectivity index (χ1v) is 13.9. The van der Waals surface area contributed by atoms with E-state index in [0.29, 0.717) is 11.8 Å². The average molecular weight is 471 g/mol. The van der Waals surface area contributed by atoms with Gasteiger partial charge in [-0.25, -0.2) is 0 Å². The van der Waals surface area contributed by atoms with Crippen LogP contribution in [0.4, 0.5) is 5.69 Å². The molecule has 0 radical (unpaired) electrons. The Hall–Kier alpha value is -2.70. The summed E-state index contributed by atoms with van der Waals surface area (Å²) in [6.45, 7) is 14.1. The number of allylic oxidation sites excluding steroid dienone is 2. The minimum Gasteiger partial charge on any atom is -0.359 e. The second-order valence-electron chi connectivity index (χ2n) is 9.42. The van der Waals surface area contributed by atoms with E-state index < -0.39 is 7.92 Å². The lowest BCUT2D eigenvalue weighted by Gasteiger charge is -2.21. The van der Waals surface area contributed by atoms with Crippen LogP contribution in [-0.2, 0) is 0 Å². The van der Waals surface area contributed by atoms with Gasteiger partial charge in [0.05, 0.1) is 0 Å². The van der Waals surface area contributed by atoms with Crippen molar-refractivity contribution < 1.29 is 0 Å². The van der Waals surface area contributed by atoms with Gasteiger partial charge in [0.1, 0.15) is 0 Å². The van der Waals surface area contributed by atoms with Crippen molar-refractivity contribution in [3.8, 4) is 0 Å². The van der Waals surface area contributed by atoms with Gasteiger partial charge in [-0.05, 0) is 67.6 Å². The second-order valence-corrected chi connectivity index (χ2v) is 11.8. The molecule has 0 aliphatic carbocycles. The SMILES string of the molecule is CC(/C=C(\C)Nc1c(C(C)C)cccc1C(C)C)=NCCP(c1ccccc1)c1ccccc1. The fourth-order valence-corrected chi connectivity index (χ4v) is 6.42. The van der Waals surface area contributed by atoms with E-state index in [4.69, 9.17) is 4.99 Å². The zero-order chi connectivity index (χ0) is 24.5. The van der Waals surface area contributed by atoms with Crippen molar-refractivity contribution >= 4 is 29.9 Å². The molecule has 1 N–H and O–H groups in total. The quantitative estimate of drug-likeness (QED) is 0.237. The van der Waals surface area contributed by atoms with E-state index >= 15 is 0 Å².